The number of amides is 3. The van der Waals surface area contributed by atoms with Crippen LogP contribution in [0.5, 0.6) is 0 Å². The smallest absolute Gasteiger partial charge is 0.319 e. The first-order chi connectivity index (χ1) is 13.0. The molecule has 0 radical (unpaired) electrons. The lowest BCUT2D eigenvalue weighted by Crippen LogP contribution is -2.42. The Morgan fingerprint density at radius 3 is 2.81 bits per heavy atom. The minimum atomic E-state index is -0.546. The van der Waals surface area contributed by atoms with Crippen LogP contribution in [0, 0.1) is 0 Å². The number of aromatic nitrogens is 1. The quantitative estimate of drug-likeness (QED) is 0.706. The molecule has 1 aliphatic heterocycles. The van der Waals surface area contributed by atoms with Gasteiger partial charge in [0.15, 0.2) is 0 Å². The predicted octanol–water partition coefficient (Wildman–Crippen LogP) is 3.90. The van der Waals surface area contributed by atoms with Crippen LogP contribution in [-0.2, 0) is 4.79 Å². The van der Waals surface area contributed by atoms with E-state index in [1.165, 1.54) is 4.90 Å². The number of fused-ring (bicyclic) bond motifs is 2. The minimum Gasteiger partial charge on any atom is -0.351 e. The Morgan fingerprint density at radius 2 is 2.00 bits per heavy atom. The second-order valence-electron chi connectivity index (χ2n) is 6.43. The second kappa shape index (κ2) is 6.89. The van der Waals surface area contributed by atoms with Crippen LogP contribution in [0.4, 0.5) is 16.2 Å². The monoisotopic (exact) mass is 380 g/mol. The van der Waals surface area contributed by atoms with Gasteiger partial charge in [0, 0.05) is 34.2 Å². The number of anilines is 2. The van der Waals surface area contributed by atoms with Gasteiger partial charge in [0.05, 0.1) is 17.8 Å². The second-order valence-corrected chi connectivity index (χ2v) is 6.87. The lowest BCUT2D eigenvalue weighted by molar-refractivity contribution is -0.117. The SMILES string of the molecule is NC(=O)N1CC[C@@H](C(=O)Nc2cncc3ccccc23)c2cc(Cl)ccc21. The summed E-state index contributed by atoms with van der Waals surface area (Å²) in [4.78, 5) is 30.4. The number of primary amides is 1. The van der Waals surface area contributed by atoms with Crippen molar-refractivity contribution < 1.29 is 9.59 Å². The largest absolute Gasteiger partial charge is 0.351 e. The zero-order valence-electron chi connectivity index (χ0n) is 14.4. The van der Waals surface area contributed by atoms with E-state index in [-0.39, 0.29) is 5.91 Å². The van der Waals surface area contributed by atoms with Crippen molar-refractivity contribution in [3.8, 4) is 0 Å². The summed E-state index contributed by atoms with van der Waals surface area (Å²) in [5, 5.41) is 5.35. The Labute approximate surface area is 160 Å². The van der Waals surface area contributed by atoms with Gasteiger partial charge in [-0.15, -0.1) is 0 Å². The van der Waals surface area contributed by atoms with Crippen molar-refractivity contribution in [1.29, 1.82) is 0 Å². The summed E-state index contributed by atoms with van der Waals surface area (Å²) in [6.07, 6.45) is 3.85. The third-order valence-electron chi connectivity index (χ3n) is 4.81. The lowest BCUT2D eigenvalue weighted by Gasteiger charge is -2.32. The Kier molecular flexibility index (Phi) is 4.41. The van der Waals surface area contributed by atoms with Gasteiger partial charge in [-0.3, -0.25) is 14.7 Å². The van der Waals surface area contributed by atoms with Crippen molar-refractivity contribution in [2.45, 2.75) is 12.3 Å². The molecule has 2 heterocycles. The van der Waals surface area contributed by atoms with E-state index in [4.69, 9.17) is 17.3 Å². The van der Waals surface area contributed by atoms with E-state index >= 15 is 0 Å². The van der Waals surface area contributed by atoms with E-state index in [0.717, 1.165) is 10.8 Å². The van der Waals surface area contributed by atoms with Crippen molar-refractivity contribution >= 4 is 45.7 Å². The summed E-state index contributed by atoms with van der Waals surface area (Å²) >= 11 is 6.14. The molecule has 1 aromatic heterocycles. The topological polar surface area (TPSA) is 88.3 Å². The third-order valence-corrected chi connectivity index (χ3v) is 5.04. The first kappa shape index (κ1) is 17.3. The fraction of sp³-hybridized carbons (Fsp3) is 0.150. The zero-order valence-corrected chi connectivity index (χ0v) is 15.1. The molecule has 3 amide bonds. The Bertz CT molecular complexity index is 1050. The van der Waals surface area contributed by atoms with Gasteiger partial charge in [0.1, 0.15) is 0 Å². The molecule has 0 saturated heterocycles. The number of rotatable bonds is 2. The average molecular weight is 381 g/mol. The molecule has 0 spiro atoms. The Balaban J connectivity index is 1.69. The molecule has 0 bridgehead atoms. The van der Waals surface area contributed by atoms with Crippen LogP contribution >= 0.6 is 11.6 Å². The van der Waals surface area contributed by atoms with Crippen molar-refractivity contribution in [1.82, 2.24) is 4.98 Å². The first-order valence-electron chi connectivity index (χ1n) is 8.54. The molecule has 7 heteroatoms. The van der Waals surface area contributed by atoms with E-state index in [1.54, 1.807) is 30.6 Å². The molecule has 0 saturated carbocycles. The predicted molar refractivity (Wildman–Crippen MR) is 106 cm³/mol. The maximum absolute atomic E-state index is 13.0. The number of nitrogens with zero attached hydrogens (tertiary/aromatic N) is 2. The van der Waals surface area contributed by atoms with E-state index in [0.29, 0.717) is 34.9 Å². The van der Waals surface area contributed by atoms with Gasteiger partial charge < -0.3 is 11.1 Å². The van der Waals surface area contributed by atoms with Gasteiger partial charge in [-0.25, -0.2) is 4.79 Å². The van der Waals surface area contributed by atoms with E-state index < -0.39 is 11.9 Å². The summed E-state index contributed by atoms with van der Waals surface area (Å²) in [5.74, 6) is -0.603. The molecular weight excluding hydrogens is 364 g/mol. The Morgan fingerprint density at radius 1 is 1.19 bits per heavy atom. The highest BCUT2D eigenvalue weighted by Crippen LogP contribution is 2.38. The molecule has 1 atom stereocenters. The van der Waals surface area contributed by atoms with E-state index in [2.05, 4.69) is 10.3 Å². The minimum absolute atomic E-state index is 0.166. The molecule has 27 heavy (non-hydrogen) atoms. The number of pyridine rings is 1. The summed E-state index contributed by atoms with van der Waals surface area (Å²) in [7, 11) is 0. The standard InChI is InChI=1S/C20H17ClN4O2/c21-13-5-6-18-16(9-13)15(7-8-25(18)20(22)27)19(26)24-17-11-23-10-12-3-1-2-4-14(12)17/h1-6,9-11,15H,7-8H2,(H2,22,27)(H,24,26)/t15-/m1/s1. The number of benzene rings is 2. The molecule has 136 valence electrons. The Hall–Kier alpha value is -3.12. The highest BCUT2D eigenvalue weighted by atomic mass is 35.5. The first-order valence-corrected chi connectivity index (χ1v) is 8.92. The summed E-state index contributed by atoms with van der Waals surface area (Å²) in [5.41, 5.74) is 7.44. The fourth-order valence-corrected chi connectivity index (χ4v) is 3.70. The number of hydrogen-bond acceptors (Lipinski definition) is 3. The van der Waals surface area contributed by atoms with Crippen LogP contribution in [-0.4, -0.2) is 23.5 Å². The molecule has 1 aliphatic rings. The van der Waals surface area contributed by atoms with E-state index in [1.807, 2.05) is 24.3 Å². The van der Waals surface area contributed by atoms with Crippen LogP contribution in [0.2, 0.25) is 5.02 Å². The van der Waals surface area contributed by atoms with Crippen molar-refractivity contribution in [2.24, 2.45) is 5.73 Å². The normalized spacial score (nSPS) is 16.0. The summed E-state index contributed by atoms with van der Waals surface area (Å²) < 4.78 is 0. The molecule has 3 aromatic rings. The van der Waals surface area contributed by atoms with E-state index in [9.17, 15) is 9.59 Å². The number of nitrogens with two attached hydrogens (primary N) is 1. The van der Waals surface area contributed by atoms with Gasteiger partial charge in [-0.1, -0.05) is 35.9 Å². The summed E-state index contributed by atoms with van der Waals surface area (Å²) in [6, 6.07) is 12.3. The van der Waals surface area contributed by atoms with Crippen LogP contribution < -0.4 is 16.0 Å². The maximum Gasteiger partial charge on any atom is 0.319 e. The molecule has 0 aliphatic carbocycles. The fourth-order valence-electron chi connectivity index (χ4n) is 3.52. The van der Waals surface area contributed by atoms with Gasteiger partial charge in [-0.05, 0) is 30.2 Å². The number of nitrogens with one attached hydrogen (secondary N) is 1. The van der Waals surface area contributed by atoms with Crippen molar-refractivity contribution in [3.05, 3.63) is 65.4 Å². The number of carbonyl (C=O) groups is 2. The lowest BCUT2D eigenvalue weighted by atomic mass is 9.89. The highest BCUT2D eigenvalue weighted by molar-refractivity contribution is 6.30. The molecule has 0 fully saturated rings. The third kappa shape index (κ3) is 3.19. The van der Waals surface area contributed by atoms with Crippen LogP contribution in [0.15, 0.2) is 54.9 Å². The van der Waals surface area contributed by atoms with Gasteiger partial charge in [0.25, 0.3) is 0 Å². The maximum atomic E-state index is 13.0. The molecule has 2 aromatic carbocycles. The zero-order chi connectivity index (χ0) is 19.0. The van der Waals surface area contributed by atoms with Crippen LogP contribution in [0.1, 0.15) is 17.9 Å². The number of urea groups is 1. The number of halogens is 1. The number of hydrogen-bond donors (Lipinski definition) is 2. The molecule has 6 nitrogen and oxygen atoms in total. The molecule has 3 N–H and O–H groups in total. The van der Waals surface area contributed by atoms with Gasteiger partial charge in [-0.2, -0.15) is 0 Å². The van der Waals surface area contributed by atoms with Crippen molar-refractivity contribution in [2.75, 3.05) is 16.8 Å². The van der Waals surface area contributed by atoms with Crippen molar-refractivity contribution in [3.63, 3.8) is 0 Å². The average Bonchev–Trinajstić information content (AvgIpc) is 2.67. The van der Waals surface area contributed by atoms with Gasteiger partial charge >= 0.3 is 6.03 Å². The van der Waals surface area contributed by atoms with Crippen LogP contribution in [0.3, 0.4) is 0 Å². The highest BCUT2D eigenvalue weighted by Gasteiger charge is 2.32. The molecular formula is C20H17ClN4O2. The van der Waals surface area contributed by atoms with Crippen LogP contribution in [0.25, 0.3) is 10.8 Å². The molecule has 0 unspecified atom stereocenters. The number of carbonyl (C=O) groups excluding carboxylic acids is 2. The summed E-state index contributed by atoms with van der Waals surface area (Å²) in [6.45, 7) is 0.371. The van der Waals surface area contributed by atoms with Gasteiger partial charge in [0.2, 0.25) is 5.91 Å². The molecule has 4 rings (SSSR count).